The molecule has 0 aliphatic carbocycles. The molecule has 3 N–H and O–H groups in total. The Morgan fingerprint density at radius 3 is 2.84 bits per heavy atom. The van der Waals surface area contributed by atoms with Crippen molar-refractivity contribution in [3.8, 4) is 0 Å². The molecule has 1 heterocycles. The summed E-state index contributed by atoms with van der Waals surface area (Å²) in [6.07, 6.45) is 3.01. The monoisotopic (exact) mass is 335 g/mol. The molecular weight excluding hydrogens is 314 g/mol. The van der Waals surface area contributed by atoms with E-state index in [0.717, 1.165) is 24.8 Å². The summed E-state index contributed by atoms with van der Waals surface area (Å²) in [5.74, 6) is -0.00293. The van der Waals surface area contributed by atoms with E-state index in [0.29, 0.717) is 36.4 Å². The minimum atomic E-state index is -0.0345. The Balaban J connectivity index is 1.35. The van der Waals surface area contributed by atoms with Gasteiger partial charge in [0, 0.05) is 19.5 Å². The summed E-state index contributed by atoms with van der Waals surface area (Å²) in [6, 6.07) is 16.7. The zero-order valence-corrected chi connectivity index (χ0v) is 14.0. The number of rotatable bonds is 7. The molecule has 5 nitrogen and oxygen atoms in total. The molecule has 128 valence electrons. The fourth-order valence-electron chi connectivity index (χ4n) is 2.95. The number of unbranched alkanes of at least 4 members (excludes halogenated alkanes) is 2. The van der Waals surface area contributed by atoms with Crippen molar-refractivity contribution in [2.45, 2.75) is 32.2 Å². The maximum Gasteiger partial charge on any atom is 0.263 e. The lowest BCUT2D eigenvalue weighted by Crippen LogP contribution is -2.25. The molecule has 3 rings (SSSR count). The lowest BCUT2D eigenvalue weighted by Gasteiger charge is -2.15. The summed E-state index contributed by atoms with van der Waals surface area (Å²) in [4.78, 5) is 26.0. The Morgan fingerprint density at radius 1 is 1.20 bits per heavy atom. The first kappa shape index (κ1) is 16.8. The SMILES string of the molecule is Nc1ccccc1NC(=O)CCCCCN1Cc2ccc#cc2C1=O. The number of fused-ring (bicyclic) bond motifs is 1. The lowest BCUT2D eigenvalue weighted by molar-refractivity contribution is -0.116. The number of carbonyl (C=O) groups excluding carboxylic acids is 2. The van der Waals surface area contributed by atoms with Gasteiger partial charge in [0.1, 0.15) is 0 Å². The quantitative estimate of drug-likeness (QED) is 0.603. The van der Waals surface area contributed by atoms with Gasteiger partial charge in [-0.05, 0) is 42.7 Å². The summed E-state index contributed by atoms with van der Waals surface area (Å²) in [5, 5.41) is 2.83. The fraction of sp³-hybridized carbons (Fsp3) is 0.300. The highest BCUT2D eigenvalue weighted by Crippen LogP contribution is 2.21. The largest absolute Gasteiger partial charge is 0.397 e. The number of hydrogen-bond donors (Lipinski definition) is 2. The van der Waals surface area contributed by atoms with E-state index >= 15 is 0 Å². The molecule has 0 spiro atoms. The van der Waals surface area contributed by atoms with Gasteiger partial charge in [0.25, 0.3) is 5.91 Å². The van der Waals surface area contributed by atoms with Crippen LogP contribution in [-0.2, 0) is 11.3 Å². The predicted octanol–water partition coefficient (Wildman–Crippen LogP) is 3.02. The van der Waals surface area contributed by atoms with Crippen molar-refractivity contribution in [3.05, 3.63) is 59.7 Å². The number of anilines is 2. The van der Waals surface area contributed by atoms with E-state index in [2.05, 4.69) is 17.4 Å². The van der Waals surface area contributed by atoms with Crippen LogP contribution >= 0.6 is 0 Å². The number of nitrogens with zero attached hydrogens (tertiary/aromatic N) is 1. The van der Waals surface area contributed by atoms with Crippen LogP contribution in [0.15, 0.2) is 36.4 Å². The van der Waals surface area contributed by atoms with E-state index in [1.807, 2.05) is 23.1 Å². The van der Waals surface area contributed by atoms with Crippen molar-refractivity contribution < 1.29 is 9.59 Å². The summed E-state index contributed by atoms with van der Waals surface area (Å²) < 4.78 is 0. The van der Waals surface area contributed by atoms with E-state index in [-0.39, 0.29) is 11.8 Å². The summed E-state index contributed by atoms with van der Waals surface area (Å²) in [7, 11) is 0. The van der Waals surface area contributed by atoms with Crippen LogP contribution in [0.5, 0.6) is 0 Å². The van der Waals surface area contributed by atoms with Crippen molar-refractivity contribution in [1.82, 2.24) is 4.90 Å². The standard InChI is InChI=1S/C20H21N3O2/c21-17-10-5-6-11-18(17)22-19(24)12-2-1-7-13-23-14-15-8-3-4-9-16(15)20(23)25/h3,5-6,8,10-11H,1-2,7,12-14,21H2,(H,22,24). The van der Waals surface area contributed by atoms with Crippen LogP contribution in [0.3, 0.4) is 0 Å². The zero-order valence-electron chi connectivity index (χ0n) is 14.0. The molecule has 25 heavy (non-hydrogen) atoms. The number of carbonyl (C=O) groups is 2. The highest BCUT2D eigenvalue weighted by molar-refractivity contribution is 5.97. The van der Waals surface area contributed by atoms with Crippen LogP contribution in [0.2, 0.25) is 0 Å². The molecule has 0 radical (unpaired) electrons. The average Bonchev–Trinajstić information content (AvgIpc) is 2.93. The van der Waals surface area contributed by atoms with Gasteiger partial charge in [-0.15, -0.1) is 0 Å². The molecule has 0 atom stereocenters. The lowest BCUT2D eigenvalue weighted by atomic mass is 10.1. The molecule has 2 aromatic carbocycles. The smallest absolute Gasteiger partial charge is 0.263 e. The Labute approximate surface area is 147 Å². The third kappa shape index (κ3) is 4.10. The molecule has 0 saturated heterocycles. The van der Waals surface area contributed by atoms with E-state index in [1.54, 1.807) is 18.2 Å². The topological polar surface area (TPSA) is 75.4 Å². The van der Waals surface area contributed by atoms with Gasteiger partial charge in [-0.1, -0.05) is 30.7 Å². The number of hydrogen-bond acceptors (Lipinski definition) is 3. The third-order valence-electron chi connectivity index (χ3n) is 4.32. The van der Waals surface area contributed by atoms with Gasteiger partial charge < -0.3 is 16.0 Å². The Hall–Kier alpha value is -3.00. The van der Waals surface area contributed by atoms with Gasteiger partial charge in [-0.2, -0.15) is 0 Å². The molecule has 0 fully saturated rings. The summed E-state index contributed by atoms with van der Waals surface area (Å²) in [6.45, 7) is 1.35. The Kier molecular flexibility index (Phi) is 5.20. The van der Waals surface area contributed by atoms with Gasteiger partial charge in [0.05, 0.1) is 16.9 Å². The maximum absolute atomic E-state index is 12.2. The van der Waals surface area contributed by atoms with Gasteiger partial charge in [-0.25, -0.2) is 0 Å². The first-order valence-electron chi connectivity index (χ1n) is 8.50. The van der Waals surface area contributed by atoms with Gasteiger partial charge in [0.2, 0.25) is 5.91 Å². The number of para-hydroxylation sites is 2. The minimum absolute atomic E-state index is 0.0316. The zero-order chi connectivity index (χ0) is 17.6. The summed E-state index contributed by atoms with van der Waals surface area (Å²) in [5.41, 5.74) is 8.69. The number of nitrogens with one attached hydrogen (secondary N) is 1. The predicted molar refractivity (Wildman–Crippen MR) is 96.8 cm³/mol. The van der Waals surface area contributed by atoms with Gasteiger partial charge in [-0.3, -0.25) is 9.59 Å². The normalized spacial score (nSPS) is 12.6. The highest BCUT2D eigenvalue weighted by Gasteiger charge is 2.26. The first-order chi connectivity index (χ1) is 12.1. The summed E-state index contributed by atoms with van der Waals surface area (Å²) >= 11 is 0. The van der Waals surface area contributed by atoms with Crippen LogP contribution in [0.4, 0.5) is 11.4 Å². The van der Waals surface area contributed by atoms with Crippen LogP contribution in [0.25, 0.3) is 0 Å². The van der Waals surface area contributed by atoms with Crippen molar-refractivity contribution >= 4 is 23.2 Å². The Bertz CT molecular complexity index is 773. The van der Waals surface area contributed by atoms with Crippen molar-refractivity contribution in [2.75, 3.05) is 17.6 Å². The van der Waals surface area contributed by atoms with Crippen LogP contribution in [0.1, 0.15) is 41.6 Å². The van der Waals surface area contributed by atoms with Crippen LogP contribution in [0, 0.1) is 12.1 Å². The fourth-order valence-corrected chi connectivity index (χ4v) is 2.95. The Morgan fingerprint density at radius 2 is 2.04 bits per heavy atom. The molecule has 1 aliphatic heterocycles. The second-order valence-corrected chi connectivity index (χ2v) is 6.18. The number of nitrogen functional groups attached to an aromatic ring is 1. The molecular formula is C20H21N3O2. The average molecular weight is 335 g/mol. The van der Waals surface area contributed by atoms with Crippen molar-refractivity contribution in [1.29, 1.82) is 0 Å². The van der Waals surface area contributed by atoms with Crippen LogP contribution < -0.4 is 11.1 Å². The van der Waals surface area contributed by atoms with E-state index in [4.69, 9.17) is 5.73 Å². The van der Waals surface area contributed by atoms with E-state index in [9.17, 15) is 9.59 Å². The molecule has 0 saturated carbocycles. The van der Waals surface area contributed by atoms with Gasteiger partial charge in [0.15, 0.2) is 0 Å². The maximum atomic E-state index is 12.2. The molecule has 0 unspecified atom stereocenters. The van der Waals surface area contributed by atoms with Crippen molar-refractivity contribution in [2.24, 2.45) is 0 Å². The minimum Gasteiger partial charge on any atom is -0.397 e. The van der Waals surface area contributed by atoms with E-state index < -0.39 is 0 Å². The third-order valence-corrected chi connectivity index (χ3v) is 4.32. The first-order valence-corrected chi connectivity index (χ1v) is 8.50. The number of nitrogens with two attached hydrogens (primary N) is 1. The molecule has 5 heteroatoms. The molecule has 0 aromatic heterocycles. The van der Waals surface area contributed by atoms with Gasteiger partial charge >= 0.3 is 0 Å². The second-order valence-electron chi connectivity index (χ2n) is 6.18. The molecule has 0 bridgehead atoms. The number of benzene rings is 1. The van der Waals surface area contributed by atoms with Crippen molar-refractivity contribution in [3.63, 3.8) is 0 Å². The second kappa shape index (κ2) is 7.71. The molecule has 2 aromatic rings. The molecule has 2 amide bonds. The highest BCUT2D eigenvalue weighted by atomic mass is 16.2. The molecule has 1 aliphatic rings. The van der Waals surface area contributed by atoms with Crippen LogP contribution in [-0.4, -0.2) is 23.3 Å². The van der Waals surface area contributed by atoms with E-state index in [1.165, 1.54) is 0 Å². The number of amides is 2.